The zero-order chi connectivity index (χ0) is 13.6. The molecule has 0 saturated carbocycles. The van der Waals surface area contributed by atoms with Crippen molar-refractivity contribution in [2.75, 3.05) is 72.4 Å². The summed E-state index contributed by atoms with van der Waals surface area (Å²) in [4.78, 5) is 0. The molecule has 114 valence electrons. The molecule has 19 heavy (non-hydrogen) atoms. The van der Waals surface area contributed by atoms with Gasteiger partial charge in [0.05, 0.1) is 52.4 Å². The van der Waals surface area contributed by atoms with Gasteiger partial charge in [0.25, 0.3) is 0 Å². The van der Waals surface area contributed by atoms with Gasteiger partial charge in [0, 0.05) is 26.2 Å². The molecule has 1 saturated heterocycles. The highest BCUT2D eigenvalue weighted by molar-refractivity contribution is 4.52. The monoisotopic (exact) mass is 276 g/mol. The Hall–Kier alpha value is -0.240. The average Bonchev–Trinajstić information content (AvgIpc) is 2.41. The molecule has 0 amide bonds. The number of nitrogens with one attached hydrogen (secondary N) is 2. The minimum atomic E-state index is 0.139. The van der Waals surface area contributed by atoms with Crippen LogP contribution >= 0.6 is 0 Å². The van der Waals surface area contributed by atoms with E-state index in [0.29, 0.717) is 46.2 Å². The van der Waals surface area contributed by atoms with Gasteiger partial charge in [-0.05, 0) is 6.92 Å². The van der Waals surface area contributed by atoms with Crippen LogP contribution < -0.4 is 10.6 Å². The topological polar surface area (TPSA) is 61.0 Å². The van der Waals surface area contributed by atoms with Crippen LogP contribution in [-0.4, -0.2) is 78.5 Å². The molecule has 1 unspecified atom stereocenters. The van der Waals surface area contributed by atoms with E-state index in [0.717, 1.165) is 26.2 Å². The summed E-state index contributed by atoms with van der Waals surface area (Å²) in [5.41, 5.74) is 0. The van der Waals surface area contributed by atoms with E-state index in [1.807, 2.05) is 6.92 Å². The van der Waals surface area contributed by atoms with Gasteiger partial charge in [0.2, 0.25) is 0 Å². The zero-order valence-electron chi connectivity index (χ0n) is 12.0. The summed E-state index contributed by atoms with van der Waals surface area (Å²) in [5, 5.41) is 6.53. The van der Waals surface area contributed by atoms with Crippen LogP contribution in [0.1, 0.15) is 6.92 Å². The van der Waals surface area contributed by atoms with E-state index in [4.69, 9.17) is 18.9 Å². The highest BCUT2D eigenvalue weighted by Crippen LogP contribution is 1.91. The normalized spacial score (nSPS) is 27.3. The van der Waals surface area contributed by atoms with Crippen molar-refractivity contribution in [1.29, 1.82) is 0 Å². The van der Waals surface area contributed by atoms with Crippen LogP contribution in [0.2, 0.25) is 0 Å². The molecule has 1 aliphatic heterocycles. The molecule has 0 aromatic heterocycles. The molecular weight excluding hydrogens is 248 g/mol. The summed E-state index contributed by atoms with van der Waals surface area (Å²) < 4.78 is 22.0. The number of hydrogen-bond donors (Lipinski definition) is 2. The molecule has 1 atom stereocenters. The van der Waals surface area contributed by atoms with E-state index in [1.165, 1.54) is 0 Å². The third kappa shape index (κ3) is 11.3. The maximum Gasteiger partial charge on any atom is 0.0781 e. The van der Waals surface area contributed by atoms with Crippen LogP contribution in [0.4, 0.5) is 0 Å². The fourth-order valence-electron chi connectivity index (χ4n) is 1.63. The lowest BCUT2D eigenvalue weighted by molar-refractivity contribution is -0.00603. The predicted molar refractivity (Wildman–Crippen MR) is 73.6 cm³/mol. The van der Waals surface area contributed by atoms with Crippen LogP contribution in [-0.2, 0) is 18.9 Å². The van der Waals surface area contributed by atoms with Gasteiger partial charge in [-0.15, -0.1) is 0 Å². The number of rotatable bonds is 0. The molecule has 0 radical (unpaired) electrons. The van der Waals surface area contributed by atoms with Crippen molar-refractivity contribution in [2.24, 2.45) is 0 Å². The first kappa shape index (κ1) is 16.8. The smallest absolute Gasteiger partial charge is 0.0781 e. The van der Waals surface area contributed by atoms with Crippen LogP contribution in [0.5, 0.6) is 0 Å². The molecule has 6 nitrogen and oxygen atoms in total. The second-order valence-electron chi connectivity index (χ2n) is 4.48. The Balaban J connectivity index is 2.08. The largest absolute Gasteiger partial charge is 0.378 e. The van der Waals surface area contributed by atoms with Crippen molar-refractivity contribution in [3.05, 3.63) is 0 Å². The van der Waals surface area contributed by atoms with E-state index in [1.54, 1.807) is 0 Å². The Kier molecular flexibility index (Phi) is 11.3. The lowest BCUT2D eigenvalue weighted by atomic mass is 10.4. The molecule has 0 spiro atoms. The highest BCUT2D eigenvalue weighted by atomic mass is 16.5. The van der Waals surface area contributed by atoms with E-state index >= 15 is 0 Å². The van der Waals surface area contributed by atoms with Gasteiger partial charge in [0.1, 0.15) is 0 Å². The summed E-state index contributed by atoms with van der Waals surface area (Å²) in [6.07, 6.45) is 0.139. The van der Waals surface area contributed by atoms with Crippen molar-refractivity contribution in [3.8, 4) is 0 Å². The van der Waals surface area contributed by atoms with Crippen molar-refractivity contribution in [3.63, 3.8) is 0 Å². The summed E-state index contributed by atoms with van der Waals surface area (Å²) in [5.74, 6) is 0. The molecule has 1 fully saturated rings. The molecule has 6 heteroatoms. The van der Waals surface area contributed by atoms with Crippen molar-refractivity contribution in [1.82, 2.24) is 10.6 Å². The summed E-state index contributed by atoms with van der Waals surface area (Å²) >= 11 is 0. The second kappa shape index (κ2) is 12.8. The van der Waals surface area contributed by atoms with Crippen molar-refractivity contribution >= 4 is 0 Å². The van der Waals surface area contributed by atoms with E-state index in [9.17, 15) is 0 Å². The maximum atomic E-state index is 5.62. The van der Waals surface area contributed by atoms with Gasteiger partial charge >= 0.3 is 0 Å². The van der Waals surface area contributed by atoms with E-state index in [-0.39, 0.29) is 6.10 Å². The van der Waals surface area contributed by atoms with Gasteiger partial charge in [-0.25, -0.2) is 0 Å². The second-order valence-corrected chi connectivity index (χ2v) is 4.48. The highest BCUT2D eigenvalue weighted by Gasteiger charge is 2.02. The van der Waals surface area contributed by atoms with Gasteiger partial charge in [0.15, 0.2) is 0 Å². The summed E-state index contributed by atoms with van der Waals surface area (Å²) in [6, 6.07) is 0. The molecule has 1 heterocycles. The molecule has 0 aliphatic carbocycles. The first-order valence-electron chi connectivity index (χ1n) is 7.16. The molecule has 1 rings (SSSR count). The fraction of sp³-hybridized carbons (Fsp3) is 1.00. The van der Waals surface area contributed by atoms with E-state index in [2.05, 4.69) is 10.6 Å². The minimum absolute atomic E-state index is 0.139. The molecular formula is C13H28N2O4. The van der Waals surface area contributed by atoms with Gasteiger partial charge < -0.3 is 29.6 Å². The molecule has 0 bridgehead atoms. The Bertz CT molecular complexity index is 177. The first-order valence-corrected chi connectivity index (χ1v) is 7.16. The maximum absolute atomic E-state index is 5.62. The quantitative estimate of drug-likeness (QED) is 0.630. The van der Waals surface area contributed by atoms with Gasteiger partial charge in [-0.2, -0.15) is 0 Å². The molecule has 2 N–H and O–H groups in total. The SMILES string of the molecule is CC1COCCNCCOCCOCCNCCO1. The third-order valence-corrected chi connectivity index (χ3v) is 2.68. The standard InChI is InChI=1S/C13H28N2O4/c1-13-12-18-8-4-14-2-6-16-10-11-17-7-3-15-5-9-19-13/h13-15H,2-12H2,1H3. The Morgan fingerprint density at radius 3 is 1.84 bits per heavy atom. The summed E-state index contributed by atoms with van der Waals surface area (Å²) in [6.45, 7) is 10.2. The van der Waals surface area contributed by atoms with Crippen LogP contribution in [0.25, 0.3) is 0 Å². The van der Waals surface area contributed by atoms with Crippen molar-refractivity contribution in [2.45, 2.75) is 13.0 Å². The molecule has 0 aromatic carbocycles. The van der Waals surface area contributed by atoms with Crippen LogP contribution in [0, 0.1) is 0 Å². The Morgan fingerprint density at radius 1 is 0.684 bits per heavy atom. The Labute approximate surface area is 116 Å². The lowest BCUT2D eigenvalue weighted by Gasteiger charge is -2.14. The predicted octanol–water partition coefficient (Wildman–Crippen LogP) is -0.366. The van der Waals surface area contributed by atoms with Gasteiger partial charge in [-0.1, -0.05) is 0 Å². The van der Waals surface area contributed by atoms with Crippen molar-refractivity contribution < 1.29 is 18.9 Å². The number of ether oxygens (including phenoxy) is 4. The summed E-state index contributed by atoms with van der Waals surface area (Å²) in [7, 11) is 0. The average molecular weight is 276 g/mol. The van der Waals surface area contributed by atoms with E-state index < -0.39 is 0 Å². The van der Waals surface area contributed by atoms with Gasteiger partial charge in [-0.3, -0.25) is 0 Å². The zero-order valence-corrected chi connectivity index (χ0v) is 12.0. The Morgan fingerprint density at radius 2 is 1.21 bits per heavy atom. The third-order valence-electron chi connectivity index (χ3n) is 2.68. The van der Waals surface area contributed by atoms with Crippen LogP contribution in [0.3, 0.4) is 0 Å². The van der Waals surface area contributed by atoms with Crippen LogP contribution in [0.15, 0.2) is 0 Å². The lowest BCUT2D eigenvalue weighted by Crippen LogP contribution is -2.29. The molecule has 0 aromatic rings. The first-order chi connectivity index (χ1) is 9.39. The molecule has 1 aliphatic rings. The number of hydrogen-bond acceptors (Lipinski definition) is 6. The minimum Gasteiger partial charge on any atom is -0.378 e. The fourth-order valence-corrected chi connectivity index (χ4v) is 1.63.